The largest absolute Gasteiger partial charge is 0.369 e. The van der Waals surface area contributed by atoms with E-state index in [9.17, 15) is 4.79 Å². The first kappa shape index (κ1) is 17.5. The van der Waals surface area contributed by atoms with E-state index in [-0.39, 0.29) is 11.4 Å². The molecule has 0 aromatic rings. The summed E-state index contributed by atoms with van der Waals surface area (Å²) < 4.78 is 0. The molecule has 0 unspecified atom stereocenters. The van der Waals surface area contributed by atoms with Crippen molar-refractivity contribution in [2.45, 2.75) is 58.9 Å². The van der Waals surface area contributed by atoms with Crippen molar-refractivity contribution in [3.63, 3.8) is 0 Å². The van der Waals surface area contributed by atoms with Gasteiger partial charge in [-0.15, -0.1) is 12.8 Å². The fourth-order valence-electron chi connectivity index (χ4n) is 1.76. The van der Waals surface area contributed by atoms with Gasteiger partial charge in [0.05, 0.1) is 12.0 Å². The van der Waals surface area contributed by atoms with E-state index in [1.807, 2.05) is 13.8 Å². The molecule has 0 aromatic carbocycles. The highest BCUT2D eigenvalue weighted by atomic mass is 16.2. The van der Waals surface area contributed by atoms with E-state index in [1.165, 1.54) is 19.3 Å². The Morgan fingerprint density at radius 1 is 1.37 bits per heavy atom. The first-order valence-corrected chi connectivity index (χ1v) is 6.88. The third kappa shape index (κ3) is 6.28. The van der Waals surface area contributed by atoms with Crippen LogP contribution in [0, 0.1) is 18.8 Å². The van der Waals surface area contributed by atoms with Crippen LogP contribution in [0.25, 0.3) is 0 Å². The summed E-state index contributed by atoms with van der Waals surface area (Å²) in [5, 5.41) is 0. The molecule has 19 heavy (non-hydrogen) atoms. The summed E-state index contributed by atoms with van der Waals surface area (Å²) >= 11 is 0. The van der Waals surface area contributed by atoms with E-state index >= 15 is 0 Å². The Labute approximate surface area is 117 Å². The average molecular weight is 265 g/mol. The van der Waals surface area contributed by atoms with Gasteiger partial charge in [0, 0.05) is 6.54 Å². The summed E-state index contributed by atoms with van der Waals surface area (Å²) in [5.41, 5.74) is 5.46. The van der Waals surface area contributed by atoms with Gasteiger partial charge in [-0.3, -0.25) is 9.69 Å². The Hall–Kier alpha value is -1.50. The highest BCUT2D eigenvalue weighted by Crippen LogP contribution is 2.31. The maximum absolute atomic E-state index is 11.7. The Morgan fingerprint density at radius 3 is 2.21 bits per heavy atom. The van der Waals surface area contributed by atoms with Crippen molar-refractivity contribution in [3.8, 4) is 12.8 Å². The van der Waals surface area contributed by atoms with Crippen LogP contribution in [0.5, 0.6) is 0 Å². The highest BCUT2D eigenvalue weighted by molar-refractivity contribution is 5.98. The van der Waals surface area contributed by atoms with Crippen LogP contribution in [0.1, 0.15) is 53.4 Å². The van der Waals surface area contributed by atoms with Crippen LogP contribution in [-0.2, 0) is 4.79 Å². The number of carbonyl (C=O) groups is 1. The zero-order valence-corrected chi connectivity index (χ0v) is 12.6. The minimum absolute atomic E-state index is 0.120. The van der Waals surface area contributed by atoms with Gasteiger partial charge in [-0.05, 0) is 32.6 Å². The molecule has 2 N–H and O–H groups in total. The zero-order valence-electron chi connectivity index (χ0n) is 12.6. The maximum Gasteiger partial charge on any atom is 0.231 e. The van der Waals surface area contributed by atoms with Gasteiger partial charge in [-0.1, -0.05) is 20.3 Å². The second kappa shape index (κ2) is 7.83. The number of nitrogens with zero attached hydrogens (tertiary/aromatic N) is 2. The molecule has 0 bridgehead atoms. The van der Waals surface area contributed by atoms with Gasteiger partial charge in [0.25, 0.3) is 0 Å². The number of guanidine groups is 1. The van der Waals surface area contributed by atoms with Crippen LogP contribution in [-0.4, -0.2) is 28.9 Å². The molecule has 1 fully saturated rings. The van der Waals surface area contributed by atoms with Crippen LogP contribution in [0.3, 0.4) is 0 Å². The van der Waals surface area contributed by atoms with Crippen LogP contribution >= 0.6 is 0 Å². The molecular weight excluding hydrogens is 238 g/mol. The molecule has 2 rings (SSSR count). The lowest BCUT2D eigenvalue weighted by Crippen LogP contribution is -2.50. The van der Waals surface area contributed by atoms with Crippen molar-refractivity contribution < 1.29 is 4.79 Å². The molecule has 0 saturated heterocycles. The number of aliphatic imine (C=N–C) groups is 1. The van der Waals surface area contributed by atoms with E-state index in [1.54, 1.807) is 4.90 Å². The molecule has 1 amide bonds. The average Bonchev–Trinajstić information content (AvgIpc) is 3.10. The monoisotopic (exact) mass is 265 g/mol. The molecular formula is C15H27N3O. The Bertz CT molecular complexity index is 341. The quantitative estimate of drug-likeness (QED) is 0.779. The molecule has 1 heterocycles. The van der Waals surface area contributed by atoms with Gasteiger partial charge in [-0.2, -0.15) is 0 Å². The third-order valence-electron chi connectivity index (χ3n) is 2.72. The smallest absolute Gasteiger partial charge is 0.231 e. The summed E-state index contributed by atoms with van der Waals surface area (Å²) in [5.74, 6) is 1.18. The van der Waals surface area contributed by atoms with Gasteiger partial charge in [0.15, 0.2) is 5.96 Å². The first-order chi connectivity index (χ1) is 8.89. The lowest BCUT2D eigenvalue weighted by Gasteiger charge is -2.32. The second-order valence-electron chi connectivity index (χ2n) is 5.61. The standard InChI is InChI=1S/C10H17N3O.C3H8.C2H2/c1-10(2)5-8(14)13(9(11)12-10)6-7-3-4-7;1-3-2;1-2/h7H,3-6H2,1-2H3,(H2,11,12);3H2,1-2H3;1-2H. The van der Waals surface area contributed by atoms with Gasteiger partial charge >= 0.3 is 0 Å². The van der Waals surface area contributed by atoms with E-state index in [2.05, 4.69) is 31.7 Å². The fourth-order valence-corrected chi connectivity index (χ4v) is 1.76. The van der Waals surface area contributed by atoms with Crippen molar-refractivity contribution in [1.82, 2.24) is 4.90 Å². The zero-order chi connectivity index (χ0) is 15.1. The lowest BCUT2D eigenvalue weighted by molar-refractivity contribution is -0.129. The minimum atomic E-state index is -0.318. The normalized spacial score (nSPS) is 20.4. The molecule has 0 spiro atoms. The number of carbonyl (C=O) groups excluding carboxylic acids is 1. The van der Waals surface area contributed by atoms with Crippen LogP contribution in [0.4, 0.5) is 0 Å². The van der Waals surface area contributed by atoms with Crippen LogP contribution in [0.2, 0.25) is 0 Å². The number of amides is 1. The highest BCUT2D eigenvalue weighted by Gasteiger charge is 2.35. The molecule has 0 aromatic heterocycles. The van der Waals surface area contributed by atoms with E-state index in [4.69, 9.17) is 5.73 Å². The second-order valence-corrected chi connectivity index (χ2v) is 5.61. The summed E-state index contributed by atoms with van der Waals surface area (Å²) in [6, 6.07) is 0. The van der Waals surface area contributed by atoms with Crippen molar-refractivity contribution in [1.29, 1.82) is 0 Å². The molecule has 108 valence electrons. The summed E-state index contributed by atoms with van der Waals surface area (Å²) in [6.07, 6.45) is 12.2. The Balaban J connectivity index is 0.000000573. The number of hydrogen-bond donors (Lipinski definition) is 1. The maximum atomic E-state index is 11.7. The number of rotatable bonds is 2. The van der Waals surface area contributed by atoms with Crippen molar-refractivity contribution in [2.24, 2.45) is 16.6 Å². The van der Waals surface area contributed by atoms with Crippen LogP contribution in [0.15, 0.2) is 4.99 Å². The topological polar surface area (TPSA) is 58.7 Å². The molecule has 4 heteroatoms. The summed E-state index contributed by atoms with van der Waals surface area (Å²) in [7, 11) is 0. The minimum Gasteiger partial charge on any atom is -0.369 e. The Morgan fingerprint density at radius 2 is 1.84 bits per heavy atom. The summed E-state index contributed by atoms with van der Waals surface area (Å²) in [4.78, 5) is 17.7. The van der Waals surface area contributed by atoms with Gasteiger partial charge < -0.3 is 5.73 Å². The van der Waals surface area contributed by atoms with Crippen molar-refractivity contribution in [3.05, 3.63) is 0 Å². The van der Waals surface area contributed by atoms with Crippen molar-refractivity contribution >= 4 is 11.9 Å². The molecule has 1 aliphatic heterocycles. The molecule has 4 nitrogen and oxygen atoms in total. The number of hydrogen-bond acceptors (Lipinski definition) is 3. The van der Waals surface area contributed by atoms with E-state index < -0.39 is 0 Å². The number of nitrogens with two attached hydrogens (primary N) is 1. The molecule has 1 aliphatic carbocycles. The lowest BCUT2D eigenvalue weighted by atomic mass is 9.99. The molecule has 2 aliphatic rings. The molecule has 0 radical (unpaired) electrons. The summed E-state index contributed by atoms with van der Waals surface area (Å²) in [6.45, 7) is 8.89. The predicted molar refractivity (Wildman–Crippen MR) is 80.6 cm³/mol. The third-order valence-corrected chi connectivity index (χ3v) is 2.72. The van der Waals surface area contributed by atoms with Crippen LogP contribution < -0.4 is 5.73 Å². The number of terminal acetylenes is 1. The predicted octanol–water partition coefficient (Wildman–Crippen LogP) is 2.39. The molecule has 0 atom stereocenters. The van der Waals surface area contributed by atoms with Crippen molar-refractivity contribution in [2.75, 3.05) is 6.54 Å². The van der Waals surface area contributed by atoms with E-state index in [0.29, 0.717) is 18.3 Å². The fraction of sp³-hybridized carbons (Fsp3) is 0.733. The van der Waals surface area contributed by atoms with Gasteiger partial charge in [0.2, 0.25) is 5.91 Å². The first-order valence-electron chi connectivity index (χ1n) is 6.88. The Kier molecular flexibility index (Phi) is 7.21. The van der Waals surface area contributed by atoms with E-state index in [0.717, 1.165) is 6.54 Å². The van der Waals surface area contributed by atoms with Gasteiger partial charge in [0.1, 0.15) is 0 Å². The molecule has 1 saturated carbocycles. The SMILES string of the molecule is C#C.CC1(C)CC(=O)N(CC2CC2)C(N)=N1.CCC. The van der Waals surface area contributed by atoms with Gasteiger partial charge in [-0.25, -0.2) is 4.99 Å².